The highest BCUT2D eigenvalue weighted by molar-refractivity contribution is 9.10. The first-order valence-electron chi connectivity index (χ1n) is 12.6. The summed E-state index contributed by atoms with van der Waals surface area (Å²) < 4.78 is 1.09. The van der Waals surface area contributed by atoms with Crippen molar-refractivity contribution in [2.45, 2.75) is 32.1 Å². The minimum Gasteiger partial charge on any atom is -0.267 e. The summed E-state index contributed by atoms with van der Waals surface area (Å²) in [6.07, 6.45) is 15.8. The van der Waals surface area contributed by atoms with E-state index in [-0.39, 0.29) is 5.56 Å². The Kier molecular flexibility index (Phi) is 6.54. The van der Waals surface area contributed by atoms with Gasteiger partial charge in [0.05, 0.1) is 6.20 Å². The molecule has 0 saturated heterocycles. The van der Waals surface area contributed by atoms with E-state index in [1.807, 2.05) is 30.6 Å². The zero-order valence-corrected chi connectivity index (χ0v) is 22.0. The Morgan fingerprint density at radius 2 is 1.76 bits per heavy atom. The van der Waals surface area contributed by atoms with Gasteiger partial charge >= 0.3 is 0 Å². The third-order valence-corrected chi connectivity index (χ3v) is 8.01. The fourth-order valence-electron chi connectivity index (χ4n) is 5.51. The predicted molar refractivity (Wildman–Crippen MR) is 155 cm³/mol. The van der Waals surface area contributed by atoms with Crippen molar-refractivity contribution in [1.82, 2.24) is 15.2 Å². The van der Waals surface area contributed by atoms with Crippen LogP contribution in [0, 0.1) is 0 Å². The third kappa shape index (κ3) is 4.67. The molecular weight excluding hydrogens is 522 g/mol. The molecule has 182 valence electrons. The second-order valence-electron chi connectivity index (χ2n) is 9.50. The van der Waals surface area contributed by atoms with Gasteiger partial charge in [0.15, 0.2) is 0 Å². The standard InChI is InChI=1S/C24H20BrN.C8H6N2O/c25-23-15-26-13-12-18(23)14-19-6-3-5-17-9-10-21-20-7-2-1-4-16(20)8-11-22(21)24(17)19;11-8-7-4-2-1-3-6(7)5-9-10-8/h2-3,5-7,9-10,12-13,15H,1,4,8,11,14H2;1-5H,(H,10,11). The zero-order chi connectivity index (χ0) is 25.2. The summed E-state index contributed by atoms with van der Waals surface area (Å²) in [5, 5.41) is 10.4. The van der Waals surface area contributed by atoms with Crippen molar-refractivity contribution in [3.8, 4) is 0 Å². The van der Waals surface area contributed by atoms with Gasteiger partial charge in [0.25, 0.3) is 5.56 Å². The summed E-state index contributed by atoms with van der Waals surface area (Å²) in [6, 6.07) is 20.8. The number of allylic oxidation sites excluding steroid dienone is 4. The minimum atomic E-state index is -0.136. The monoisotopic (exact) mass is 547 g/mol. The number of aromatic nitrogens is 3. The maximum absolute atomic E-state index is 11.1. The predicted octanol–water partition coefficient (Wildman–Crippen LogP) is 7.56. The first-order valence-corrected chi connectivity index (χ1v) is 13.4. The maximum atomic E-state index is 11.1. The van der Waals surface area contributed by atoms with Gasteiger partial charge in [-0.15, -0.1) is 0 Å². The topological polar surface area (TPSA) is 58.6 Å². The molecule has 3 aromatic carbocycles. The lowest BCUT2D eigenvalue weighted by molar-refractivity contribution is 0.830. The Labute approximate surface area is 223 Å². The SMILES string of the molecule is Brc1cnccc1Cc1cccc2ccc3c(c12)CCC1=C3C=CCC1.O=c1[nH]ncc2ccccc12. The summed E-state index contributed by atoms with van der Waals surface area (Å²) >= 11 is 3.66. The van der Waals surface area contributed by atoms with Crippen molar-refractivity contribution in [3.63, 3.8) is 0 Å². The number of H-pyrrole nitrogens is 1. The van der Waals surface area contributed by atoms with Gasteiger partial charge in [0, 0.05) is 27.6 Å². The molecule has 2 heterocycles. The molecule has 1 N–H and O–H groups in total. The molecular formula is C32H26BrN3O. The van der Waals surface area contributed by atoms with Gasteiger partial charge in [-0.2, -0.15) is 5.10 Å². The lowest BCUT2D eigenvalue weighted by atomic mass is 9.78. The van der Waals surface area contributed by atoms with Gasteiger partial charge in [-0.05, 0) is 98.8 Å². The summed E-state index contributed by atoms with van der Waals surface area (Å²) in [7, 11) is 0. The number of benzene rings is 3. The quantitative estimate of drug-likeness (QED) is 0.248. The van der Waals surface area contributed by atoms with E-state index in [0.29, 0.717) is 5.39 Å². The summed E-state index contributed by atoms with van der Waals surface area (Å²) in [5.74, 6) is 0. The van der Waals surface area contributed by atoms with E-state index in [0.717, 1.165) is 22.7 Å². The van der Waals surface area contributed by atoms with Crippen LogP contribution in [0.25, 0.3) is 27.1 Å². The van der Waals surface area contributed by atoms with E-state index in [2.05, 4.69) is 79.7 Å². The molecule has 0 atom stereocenters. The van der Waals surface area contributed by atoms with Crippen molar-refractivity contribution >= 4 is 43.0 Å². The van der Waals surface area contributed by atoms with Crippen molar-refractivity contribution in [2.24, 2.45) is 0 Å². The van der Waals surface area contributed by atoms with Crippen LogP contribution in [0.2, 0.25) is 0 Å². The lowest BCUT2D eigenvalue weighted by Crippen LogP contribution is -2.08. The molecule has 7 rings (SSSR count). The fourth-order valence-corrected chi connectivity index (χ4v) is 5.90. The van der Waals surface area contributed by atoms with Crippen LogP contribution in [0.4, 0.5) is 0 Å². The summed E-state index contributed by atoms with van der Waals surface area (Å²) in [4.78, 5) is 15.3. The number of fused-ring (bicyclic) bond motifs is 5. The Bertz CT molecular complexity index is 1740. The van der Waals surface area contributed by atoms with E-state index >= 15 is 0 Å². The molecule has 0 aliphatic heterocycles. The molecule has 0 fully saturated rings. The van der Waals surface area contributed by atoms with Crippen LogP contribution in [0.1, 0.15) is 41.5 Å². The Hall–Kier alpha value is -3.83. The molecule has 2 aromatic heterocycles. The summed E-state index contributed by atoms with van der Waals surface area (Å²) in [6.45, 7) is 0. The largest absolute Gasteiger partial charge is 0.272 e. The van der Waals surface area contributed by atoms with Crippen molar-refractivity contribution < 1.29 is 0 Å². The van der Waals surface area contributed by atoms with Crippen LogP contribution >= 0.6 is 15.9 Å². The highest BCUT2D eigenvalue weighted by atomic mass is 79.9. The molecule has 0 spiro atoms. The molecule has 4 nitrogen and oxygen atoms in total. The second-order valence-corrected chi connectivity index (χ2v) is 10.3. The maximum Gasteiger partial charge on any atom is 0.272 e. The molecule has 0 saturated carbocycles. The average Bonchev–Trinajstić information content (AvgIpc) is 2.95. The van der Waals surface area contributed by atoms with Crippen molar-refractivity contribution in [3.05, 3.63) is 134 Å². The van der Waals surface area contributed by atoms with Gasteiger partial charge in [0.2, 0.25) is 0 Å². The highest BCUT2D eigenvalue weighted by Gasteiger charge is 2.21. The third-order valence-electron chi connectivity index (χ3n) is 7.30. The number of rotatable bonds is 2. The lowest BCUT2D eigenvalue weighted by Gasteiger charge is -2.26. The van der Waals surface area contributed by atoms with Crippen LogP contribution in [0.15, 0.2) is 106 Å². The smallest absolute Gasteiger partial charge is 0.267 e. The fraction of sp³-hybridized carbons (Fsp3) is 0.156. The molecule has 0 radical (unpaired) electrons. The molecule has 5 heteroatoms. The first kappa shape index (κ1) is 23.6. The molecule has 37 heavy (non-hydrogen) atoms. The molecule has 0 bridgehead atoms. The van der Waals surface area contributed by atoms with Crippen LogP contribution in [-0.2, 0) is 12.8 Å². The van der Waals surface area contributed by atoms with Crippen LogP contribution in [0.5, 0.6) is 0 Å². The molecule has 0 amide bonds. The molecule has 5 aromatic rings. The van der Waals surface area contributed by atoms with Crippen molar-refractivity contribution in [2.75, 3.05) is 0 Å². The number of nitrogens with one attached hydrogen (secondary N) is 1. The van der Waals surface area contributed by atoms with E-state index in [1.165, 1.54) is 57.9 Å². The molecule has 0 unspecified atom stereocenters. The first-order chi connectivity index (χ1) is 18.2. The summed E-state index contributed by atoms with van der Waals surface area (Å²) in [5.41, 5.74) is 8.69. The number of pyridine rings is 1. The number of nitrogens with zero attached hydrogens (tertiary/aromatic N) is 2. The van der Waals surface area contributed by atoms with E-state index in [4.69, 9.17) is 0 Å². The van der Waals surface area contributed by atoms with Crippen molar-refractivity contribution in [1.29, 1.82) is 0 Å². The highest BCUT2D eigenvalue weighted by Crippen LogP contribution is 2.41. The van der Waals surface area contributed by atoms with E-state index in [1.54, 1.807) is 17.8 Å². The number of halogens is 1. The van der Waals surface area contributed by atoms with Gasteiger partial charge in [-0.3, -0.25) is 9.78 Å². The Morgan fingerprint density at radius 3 is 2.65 bits per heavy atom. The molecule has 2 aliphatic carbocycles. The average molecular weight is 548 g/mol. The van der Waals surface area contributed by atoms with E-state index < -0.39 is 0 Å². The minimum absolute atomic E-state index is 0.136. The molecule has 2 aliphatic rings. The van der Waals surface area contributed by atoms with Gasteiger partial charge < -0.3 is 0 Å². The van der Waals surface area contributed by atoms with Crippen LogP contribution in [-0.4, -0.2) is 15.2 Å². The van der Waals surface area contributed by atoms with Crippen LogP contribution in [0.3, 0.4) is 0 Å². The zero-order valence-electron chi connectivity index (χ0n) is 20.4. The Balaban J connectivity index is 0.000000191. The number of hydrogen-bond acceptors (Lipinski definition) is 3. The number of aryl methyl sites for hydroxylation is 1. The second kappa shape index (κ2) is 10.3. The van der Waals surface area contributed by atoms with Gasteiger partial charge in [0.1, 0.15) is 0 Å². The van der Waals surface area contributed by atoms with E-state index in [9.17, 15) is 4.79 Å². The van der Waals surface area contributed by atoms with Gasteiger partial charge in [-0.25, -0.2) is 5.10 Å². The van der Waals surface area contributed by atoms with Crippen LogP contribution < -0.4 is 5.56 Å². The number of hydrogen-bond donors (Lipinski definition) is 1. The normalized spacial score (nSPS) is 14.2. The number of aromatic amines is 1. The Morgan fingerprint density at radius 1 is 0.865 bits per heavy atom. The van der Waals surface area contributed by atoms with Gasteiger partial charge in [-0.1, -0.05) is 66.3 Å².